The molecule has 19 heavy (non-hydrogen) atoms. The lowest BCUT2D eigenvalue weighted by atomic mass is 9.96. The van der Waals surface area contributed by atoms with Gasteiger partial charge in [-0.05, 0) is 38.6 Å². The molecule has 0 aliphatic carbocycles. The maximum Gasteiger partial charge on any atom is 0.0284 e. The molecule has 2 unspecified atom stereocenters. The van der Waals surface area contributed by atoms with Crippen molar-refractivity contribution in [2.75, 3.05) is 6.54 Å². The highest BCUT2D eigenvalue weighted by Crippen LogP contribution is 2.31. The molecule has 2 atom stereocenters. The fourth-order valence-electron chi connectivity index (χ4n) is 3.36. The summed E-state index contributed by atoms with van der Waals surface area (Å²) in [7, 11) is 0. The molecule has 2 fully saturated rings. The van der Waals surface area contributed by atoms with Crippen molar-refractivity contribution in [3.8, 4) is 0 Å². The van der Waals surface area contributed by atoms with E-state index >= 15 is 0 Å². The first-order valence-electron chi connectivity index (χ1n) is 8.17. The molecule has 0 aromatic carbocycles. The molecule has 0 amide bonds. The minimum Gasteiger partial charge on any atom is -0.294 e. The van der Waals surface area contributed by atoms with E-state index in [1.807, 2.05) is 0 Å². The van der Waals surface area contributed by atoms with Crippen LogP contribution >= 0.6 is 0 Å². The Kier molecular flexibility index (Phi) is 6.43. The van der Waals surface area contributed by atoms with Gasteiger partial charge in [-0.3, -0.25) is 4.90 Å². The van der Waals surface area contributed by atoms with Crippen molar-refractivity contribution in [2.24, 2.45) is 0 Å². The van der Waals surface area contributed by atoms with Gasteiger partial charge in [-0.1, -0.05) is 62.6 Å². The number of fused-ring (bicyclic) bond motifs is 1. The second-order valence-electron chi connectivity index (χ2n) is 5.87. The number of allylic oxidation sites excluding steroid dienone is 5. The minimum atomic E-state index is 0.704. The van der Waals surface area contributed by atoms with Gasteiger partial charge in [-0.25, -0.2) is 0 Å². The predicted octanol–water partition coefficient (Wildman–Crippen LogP) is 4.86. The van der Waals surface area contributed by atoms with Crippen LogP contribution in [0, 0.1) is 0 Å². The molecule has 1 nitrogen and oxygen atoms in total. The molecule has 0 spiro atoms. The fraction of sp³-hybridized carbons (Fsp3) is 0.667. The van der Waals surface area contributed by atoms with E-state index in [0.29, 0.717) is 6.04 Å². The van der Waals surface area contributed by atoms with Crippen LogP contribution < -0.4 is 0 Å². The zero-order chi connectivity index (χ0) is 13.3. The van der Waals surface area contributed by atoms with Gasteiger partial charge in [0.25, 0.3) is 0 Å². The molecule has 0 saturated carbocycles. The topological polar surface area (TPSA) is 3.24 Å². The molecule has 2 rings (SSSR count). The summed E-state index contributed by atoms with van der Waals surface area (Å²) in [6, 6.07) is 1.59. The first kappa shape index (κ1) is 14.6. The number of nitrogens with zero attached hydrogens (tertiary/aromatic N) is 1. The highest BCUT2D eigenvalue weighted by atomic mass is 15.2. The maximum absolute atomic E-state index is 2.73. The van der Waals surface area contributed by atoms with Crippen LogP contribution in [-0.2, 0) is 0 Å². The summed E-state index contributed by atoms with van der Waals surface area (Å²) in [6.45, 7) is 3.56. The predicted molar refractivity (Wildman–Crippen MR) is 84.3 cm³/mol. The minimum absolute atomic E-state index is 0.704. The summed E-state index contributed by atoms with van der Waals surface area (Å²) in [5, 5.41) is 0. The smallest absolute Gasteiger partial charge is 0.0284 e. The Morgan fingerprint density at radius 3 is 2.74 bits per heavy atom. The van der Waals surface area contributed by atoms with Crippen molar-refractivity contribution in [3.63, 3.8) is 0 Å². The van der Waals surface area contributed by atoms with E-state index < -0.39 is 0 Å². The van der Waals surface area contributed by atoms with Crippen LogP contribution in [0.4, 0.5) is 0 Å². The quantitative estimate of drug-likeness (QED) is 0.486. The summed E-state index contributed by atoms with van der Waals surface area (Å²) in [4.78, 5) is 2.73. The van der Waals surface area contributed by atoms with Crippen LogP contribution in [0.1, 0.15) is 58.3 Å². The van der Waals surface area contributed by atoms with Crippen LogP contribution in [0.5, 0.6) is 0 Å². The molecular formula is C18H29N. The molecule has 0 aromatic heterocycles. The third-order valence-electron chi connectivity index (χ3n) is 4.41. The van der Waals surface area contributed by atoms with E-state index in [0.717, 1.165) is 6.04 Å². The number of unbranched alkanes of at least 4 members (excludes halogenated alkanes) is 2. The highest BCUT2D eigenvalue weighted by molar-refractivity contribution is 5.13. The Hall–Kier alpha value is -0.820. The van der Waals surface area contributed by atoms with Gasteiger partial charge in [-0.2, -0.15) is 0 Å². The van der Waals surface area contributed by atoms with Crippen LogP contribution in [0.3, 0.4) is 0 Å². The first-order valence-corrected chi connectivity index (χ1v) is 8.17. The van der Waals surface area contributed by atoms with Gasteiger partial charge in [-0.15, -0.1) is 0 Å². The molecule has 0 N–H and O–H groups in total. The van der Waals surface area contributed by atoms with Crippen molar-refractivity contribution in [1.29, 1.82) is 0 Å². The third kappa shape index (κ3) is 4.65. The molecule has 2 aliphatic rings. The lowest BCUT2D eigenvalue weighted by Gasteiger charge is -2.36. The summed E-state index contributed by atoms with van der Waals surface area (Å²) >= 11 is 0. The van der Waals surface area contributed by atoms with Crippen LogP contribution in [0.2, 0.25) is 0 Å². The molecular weight excluding hydrogens is 230 g/mol. The van der Waals surface area contributed by atoms with Crippen molar-refractivity contribution >= 4 is 0 Å². The van der Waals surface area contributed by atoms with Gasteiger partial charge >= 0.3 is 0 Å². The zero-order valence-corrected chi connectivity index (χ0v) is 12.4. The van der Waals surface area contributed by atoms with Gasteiger partial charge < -0.3 is 0 Å². The normalized spacial score (nSPS) is 28.9. The van der Waals surface area contributed by atoms with Gasteiger partial charge in [0.05, 0.1) is 0 Å². The zero-order valence-electron chi connectivity index (χ0n) is 12.4. The number of rotatable bonds is 6. The van der Waals surface area contributed by atoms with Crippen LogP contribution in [0.25, 0.3) is 0 Å². The Balaban J connectivity index is 1.72. The summed E-state index contributed by atoms with van der Waals surface area (Å²) in [5.41, 5.74) is 0. The van der Waals surface area contributed by atoms with Gasteiger partial charge in [0.2, 0.25) is 0 Å². The molecule has 0 bridgehead atoms. The van der Waals surface area contributed by atoms with Gasteiger partial charge in [0.15, 0.2) is 0 Å². The summed E-state index contributed by atoms with van der Waals surface area (Å²) in [5.74, 6) is 0. The fourth-order valence-corrected chi connectivity index (χ4v) is 3.36. The highest BCUT2D eigenvalue weighted by Gasteiger charge is 2.32. The van der Waals surface area contributed by atoms with E-state index in [4.69, 9.17) is 0 Å². The number of hydrogen-bond acceptors (Lipinski definition) is 1. The van der Waals surface area contributed by atoms with E-state index in [-0.39, 0.29) is 0 Å². The Bertz CT molecular complexity index is 327. The molecule has 2 aliphatic heterocycles. The van der Waals surface area contributed by atoms with Crippen molar-refractivity contribution in [3.05, 3.63) is 36.5 Å². The third-order valence-corrected chi connectivity index (χ3v) is 4.41. The Morgan fingerprint density at radius 1 is 1.00 bits per heavy atom. The van der Waals surface area contributed by atoms with Gasteiger partial charge in [0.1, 0.15) is 0 Å². The molecule has 2 saturated heterocycles. The second kappa shape index (κ2) is 8.37. The Morgan fingerprint density at radius 2 is 1.84 bits per heavy atom. The molecule has 1 heteroatoms. The standard InChI is InChI=1S/C18H29N/c1-2-3-4-5-6-7-8-9-12-17-13-10-14-18-15-11-16-19(17)18/h5-9,12,17-18H,2-4,10-11,13-16H2,1H3. The van der Waals surface area contributed by atoms with Crippen molar-refractivity contribution in [1.82, 2.24) is 4.90 Å². The average molecular weight is 259 g/mol. The largest absolute Gasteiger partial charge is 0.294 e. The monoisotopic (exact) mass is 259 g/mol. The second-order valence-corrected chi connectivity index (χ2v) is 5.87. The molecule has 106 valence electrons. The molecule has 0 radical (unpaired) electrons. The lowest BCUT2D eigenvalue weighted by Crippen LogP contribution is -2.41. The average Bonchev–Trinajstić information content (AvgIpc) is 2.91. The number of hydrogen-bond donors (Lipinski definition) is 0. The van der Waals surface area contributed by atoms with E-state index in [1.165, 1.54) is 57.9 Å². The molecule has 2 heterocycles. The van der Waals surface area contributed by atoms with E-state index in [1.54, 1.807) is 0 Å². The van der Waals surface area contributed by atoms with E-state index in [9.17, 15) is 0 Å². The van der Waals surface area contributed by atoms with Crippen LogP contribution in [-0.4, -0.2) is 23.5 Å². The molecule has 0 aromatic rings. The van der Waals surface area contributed by atoms with E-state index in [2.05, 4.69) is 48.3 Å². The lowest BCUT2D eigenvalue weighted by molar-refractivity contribution is 0.153. The van der Waals surface area contributed by atoms with Crippen LogP contribution in [0.15, 0.2) is 36.5 Å². The number of piperidine rings is 1. The first-order chi connectivity index (χ1) is 9.42. The summed E-state index contributed by atoms with van der Waals surface area (Å²) < 4.78 is 0. The Labute approximate surface area is 119 Å². The summed E-state index contributed by atoms with van der Waals surface area (Å²) in [6.07, 6.45) is 24.3. The van der Waals surface area contributed by atoms with Crippen molar-refractivity contribution < 1.29 is 0 Å². The van der Waals surface area contributed by atoms with Gasteiger partial charge in [0, 0.05) is 12.1 Å². The maximum atomic E-state index is 2.73. The van der Waals surface area contributed by atoms with Crippen molar-refractivity contribution in [2.45, 2.75) is 70.4 Å². The SMILES string of the molecule is CCCCC=CC=CC=CC1CCCC2CCCN12.